The molecule has 0 saturated carbocycles. The van der Waals surface area contributed by atoms with E-state index < -0.39 is 0 Å². The fourth-order valence-corrected chi connectivity index (χ4v) is 2.39. The third-order valence-electron chi connectivity index (χ3n) is 3.92. The quantitative estimate of drug-likeness (QED) is 0.714. The van der Waals surface area contributed by atoms with Crippen LogP contribution >= 0.6 is 24.8 Å². The number of aryl methyl sites for hydroxylation is 1. The predicted molar refractivity (Wildman–Crippen MR) is 108 cm³/mol. The van der Waals surface area contributed by atoms with Crippen molar-refractivity contribution in [2.45, 2.75) is 46.1 Å². The van der Waals surface area contributed by atoms with Crippen LogP contribution in [-0.2, 0) is 11.2 Å². The second-order valence-electron chi connectivity index (χ2n) is 7.28. The second-order valence-corrected chi connectivity index (χ2v) is 7.28. The number of carbonyl (C=O) groups is 1. The number of hydrogen-bond acceptors (Lipinski definition) is 3. The minimum atomic E-state index is 0. The Kier molecular flexibility index (Phi) is 12.2. The number of hydrogen-bond donors (Lipinski definition) is 2. The van der Waals surface area contributed by atoms with Crippen LogP contribution in [0.2, 0.25) is 0 Å². The van der Waals surface area contributed by atoms with Gasteiger partial charge in [-0.3, -0.25) is 4.79 Å². The molecule has 6 heteroatoms. The fourth-order valence-electron chi connectivity index (χ4n) is 2.39. The highest BCUT2D eigenvalue weighted by Gasteiger charge is 2.25. The first-order valence-corrected chi connectivity index (χ1v) is 7.97. The van der Waals surface area contributed by atoms with E-state index in [0.29, 0.717) is 12.8 Å². The molecule has 0 aromatic heterocycles. The molecule has 0 heterocycles. The van der Waals surface area contributed by atoms with Gasteiger partial charge in [0.2, 0.25) is 5.91 Å². The van der Waals surface area contributed by atoms with Crippen LogP contribution in [0.25, 0.3) is 0 Å². The fraction of sp³-hybridized carbons (Fsp3) is 0.611. The van der Waals surface area contributed by atoms with Crippen molar-refractivity contribution in [1.29, 1.82) is 0 Å². The van der Waals surface area contributed by atoms with Crippen molar-refractivity contribution in [2.75, 3.05) is 26.4 Å². The van der Waals surface area contributed by atoms with Gasteiger partial charge in [-0.25, -0.2) is 0 Å². The van der Waals surface area contributed by atoms with Gasteiger partial charge in [0, 0.05) is 18.2 Å². The smallest absolute Gasteiger partial charge is 0.220 e. The van der Waals surface area contributed by atoms with Crippen molar-refractivity contribution in [3.8, 4) is 0 Å². The number of anilines is 1. The SMILES string of the molecule is CN(C)CCC(NC(=O)CCc1ccccc1N)C(C)(C)C.Cl.Cl. The van der Waals surface area contributed by atoms with E-state index >= 15 is 0 Å². The molecule has 4 nitrogen and oxygen atoms in total. The van der Waals surface area contributed by atoms with E-state index in [1.165, 1.54) is 0 Å². The van der Waals surface area contributed by atoms with Crippen molar-refractivity contribution in [2.24, 2.45) is 5.41 Å². The first-order valence-electron chi connectivity index (χ1n) is 7.97. The van der Waals surface area contributed by atoms with Crippen molar-refractivity contribution in [1.82, 2.24) is 10.2 Å². The molecule has 0 radical (unpaired) electrons. The second kappa shape index (κ2) is 11.6. The van der Waals surface area contributed by atoms with Crippen LogP contribution in [0.1, 0.15) is 39.2 Å². The Balaban J connectivity index is 0. The average molecular weight is 378 g/mol. The first-order chi connectivity index (χ1) is 10.2. The van der Waals surface area contributed by atoms with Gasteiger partial charge >= 0.3 is 0 Å². The molecule has 140 valence electrons. The van der Waals surface area contributed by atoms with E-state index in [9.17, 15) is 4.79 Å². The highest BCUT2D eigenvalue weighted by atomic mass is 35.5. The van der Waals surface area contributed by atoms with E-state index in [4.69, 9.17) is 5.73 Å². The summed E-state index contributed by atoms with van der Waals surface area (Å²) in [5.74, 6) is 0.0990. The lowest BCUT2D eigenvalue weighted by molar-refractivity contribution is -0.122. The molecule has 24 heavy (non-hydrogen) atoms. The topological polar surface area (TPSA) is 58.4 Å². The monoisotopic (exact) mass is 377 g/mol. The zero-order chi connectivity index (χ0) is 16.8. The molecular weight excluding hydrogens is 345 g/mol. The van der Waals surface area contributed by atoms with Crippen LogP contribution in [0.4, 0.5) is 5.69 Å². The summed E-state index contributed by atoms with van der Waals surface area (Å²) in [5, 5.41) is 3.20. The zero-order valence-corrected chi connectivity index (χ0v) is 17.1. The van der Waals surface area contributed by atoms with Crippen LogP contribution in [0.15, 0.2) is 24.3 Å². The van der Waals surface area contributed by atoms with Crippen LogP contribution in [0.5, 0.6) is 0 Å². The van der Waals surface area contributed by atoms with E-state index in [1.54, 1.807) is 0 Å². The summed E-state index contributed by atoms with van der Waals surface area (Å²) >= 11 is 0. The van der Waals surface area contributed by atoms with Gasteiger partial charge in [0.1, 0.15) is 0 Å². The minimum absolute atomic E-state index is 0. The van der Waals surface area contributed by atoms with Crippen LogP contribution in [-0.4, -0.2) is 37.5 Å². The molecule has 1 rings (SSSR count). The van der Waals surface area contributed by atoms with Gasteiger partial charge < -0.3 is 16.0 Å². The molecule has 1 aromatic carbocycles. The minimum Gasteiger partial charge on any atom is -0.399 e. The molecule has 1 amide bonds. The lowest BCUT2D eigenvalue weighted by Crippen LogP contribution is -2.45. The molecule has 3 N–H and O–H groups in total. The summed E-state index contributed by atoms with van der Waals surface area (Å²) in [5.41, 5.74) is 7.77. The average Bonchev–Trinajstić information content (AvgIpc) is 2.41. The molecule has 1 atom stereocenters. The zero-order valence-electron chi connectivity index (χ0n) is 15.5. The number of carbonyl (C=O) groups excluding carboxylic acids is 1. The Bertz CT molecular complexity index is 487. The highest BCUT2D eigenvalue weighted by Crippen LogP contribution is 2.22. The molecule has 0 aliphatic rings. The molecule has 0 saturated heterocycles. The lowest BCUT2D eigenvalue weighted by atomic mass is 9.84. The number of para-hydroxylation sites is 1. The molecule has 1 unspecified atom stereocenters. The number of halogens is 2. The Labute approximate surface area is 159 Å². The maximum Gasteiger partial charge on any atom is 0.220 e. The van der Waals surface area contributed by atoms with E-state index in [1.807, 2.05) is 24.3 Å². The molecule has 0 aliphatic carbocycles. The van der Waals surface area contributed by atoms with Gasteiger partial charge in [-0.1, -0.05) is 39.0 Å². The van der Waals surface area contributed by atoms with Gasteiger partial charge in [-0.15, -0.1) is 24.8 Å². The van der Waals surface area contributed by atoms with Gasteiger partial charge in [0.05, 0.1) is 0 Å². The van der Waals surface area contributed by atoms with Gasteiger partial charge in [-0.05, 0) is 50.5 Å². The summed E-state index contributed by atoms with van der Waals surface area (Å²) < 4.78 is 0. The maximum atomic E-state index is 12.3. The number of amides is 1. The number of nitrogens with two attached hydrogens (primary N) is 1. The Morgan fingerprint density at radius 2 is 1.79 bits per heavy atom. The van der Waals surface area contributed by atoms with E-state index in [-0.39, 0.29) is 42.2 Å². The van der Waals surface area contributed by atoms with Gasteiger partial charge in [-0.2, -0.15) is 0 Å². The Morgan fingerprint density at radius 1 is 1.21 bits per heavy atom. The summed E-state index contributed by atoms with van der Waals surface area (Å²) in [4.78, 5) is 14.4. The Hall–Kier alpha value is -0.970. The van der Waals surface area contributed by atoms with E-state index in [2.05, 4.69) is 45.1 Å². The third kappa shape index (κ3) is 9.36. The van der Waals surface area contributed by atoms with Crippen molar-refractivity contribution in [3.05, 3.63) is 29.8 Å². The van der Waals surface area contributed by atoms with Crippen LogP contribution < -0.4 is 11.1 Å². The number of nitrogens with zero attached hydrogens (tertiary/aromatic N) is 1. The van der Waals surface area contributed by atoms with Crippen molar-refractivity contribution < 1.29 is 4.79 Å². The molecule has 0 spiro atoms. The van der Waals surface area contributed by atoms with Crippen molar-refractivity contribution in [3.63, 3.8) is 0 Å². The third-order valence-corrected chi connectivity index (χ3v) is 3.92. The number of rotatable bonds is 7. The number of nitrogen functional groups attached to an aromatic ring is 1. The molecule has 0 aliphatic heterocycles. The summed E-state index contributed by atoms with van der Waals surface area (Å²) in [7, 11) is 4.11. The first kappa shape index (κ1) is 25.3. The van der Waals surface area contributed by atoms with Gasteiger partial charge in [0.15, 0.2) is 0 Å². The van der Waals surface area contributed by atoms with Crippen molar-refractivity contribution >= 4 is 36.4 Å². The standard InChI is InChI=1S/C18H31N3O.2ClH/c1-18(2,3)16(12-13-21(4)5)20-17(22)11-10-14-8-6-7-9-15(14)19;;/h6-9,16H,10-13,19H2,1-5H3,(H,20,22);2*1H. The van der Waals surface area contributed by atoms with E-state index in [0.717, 1.165) is 24.2 Å². The lowest BCUT2D eigenvalue weighted by Gasteiger charge is -2.32. The molecule has 0 fully saturated rings. The summed E-state index contributed by atoms with van der Waals surface area (Å²) in [6.07, 6.45) is 2.11. The predicted octanol–water partition coefficient (Wildman–Crippen LogP) is 3.53. The number of nitrogens with one attached hydrogen (secondary N) is 1. The normalized spacial score (nSPS) is 12.1. The highest BCUT2D eigenvalue weighted by molar-refractivity contribution is 5.85. The Morgan fingerprint density at radius 3 is 2.29 bits per heavy atom. The van der Waals surface area contributed by atoms with Crippen LogP contribution in [0.3, 0.4) is 0 Å². The largest absolute Gasteiger partial charge is 0.399 e. The molecule has 0 bridgehead atoms. The number of benzene rings is 1. The summed E-state index contributed by atoms with van der Waals surface area (Å²) in [6, 6.07) is 7.91. The molecular formula is C18H33Cl2N3O. The van der Waals surface area contributed by atoms with Crippen LogP contribution in [0, 0.1) is 5.41 Å². The maximum absolute atomic E-state index is 12.3. The molecule has 1 aromatic rings. The summed E-state index contributed by atoms with van der Waals surface area (Å²) in [6.45, 7) is 7.47. The van der Waals surface area contributed by atoms with Gasteiger partial charge in [0.25, 0.3) is 0 Å².